The van der Waals surface area contributed by atoms with Gasteiger partial charge < -0.3 is 15.0 Å². The summed E-state index contributed by atoms with van der Waals surface area (Å²) in [5.41, 5.74) is 6.86. The molecule has 44 heavy (non-hydrogen) atoms. The molecule has 3 aromatic carbocycles. The van der Waals surface area contributed by atoms with Crippen molar-refractivity contribution in [2.24, 2.45) is 5.73 Å². The van der Waals surface area contributed by atoms with Gasteiger partial charge in [-0.05, 0) is 73.9 Å². The normalized spacial score (nSPS) is 12.4. The van der Waals surface area contributed by atoms with Gasteiger partial charge in [-0.2, -0.15) is 13.2 Å². The molecular weight excluding hydrogens is 590 g/mol. The molecular formula is C30H24F6N6O2. The Balaban J connectivity index is 1.68. The first-order chi connectivity index (χ1) is 20.5. The second-order valence-corrected chi connectivity index (χ2v) is 10.4. The largest absolute Gasteiger partial charge is 0.573 e. The van der Waals surface area contributed by atoms with Crippen molar-refractivity contribution in [3.63, 3.8) is 0 Å². The van der Waals surface area contributed by atoms with Crippen molar-refractivity contribution in [3.05, 3.63) is 96.2 Å². The van der Waals surface area contributed by atoms with Crippen LogP contribution in [0.25, 0.3) is 33.8 Å². The molecule has 0 fully saturated rings. The predicted octanol–water partition coefficient (Wildman–Crippen LogP) is 6.78. The third kappa shape index (κ3) is 6.00. The highest BCUT2D eigenvalue weighted by molar-refractivity contribution is 5.86. The van der Waals surface area contributed by atoms with Crippen molar-refractivity contribution < 1.29 is 35.9 Å². The smallest absolute Gasteiger partial charge is 0.406 e. The lowest BCUT2D eigenvalue weighted by atomic mass is 9.82. The molecule has 0 aliphatic rings. The summed E-state index contributed by atoms with van der Waals surface area (Å²) < 4.78 is 85.2. The summed E-state index contributed by atoms with van der Waals surface area (Å²) in [7, 11) is 0. The SMILES string of the molecule is Cc1nc(C(F)(F)F)cn1-c1ccc(-c2cccc(C(C)(C)C(N)=O)c2)cc1-c1cnnn1-c1ccc(OC(F)(F)F)cc1. The molecule has 228 valence electrons. The molecule has 0 atom stereocenters. The van der Waals surface area contributed by atoms with E-state index in [9.17, 15) is 31.1 Å². The number of aromatic nitrogens is 5. The summed E-state index contributed by atoms with van der Waals surface area (Å²) in [6.07, 6.45) is -7.31. The predicted molar refractivity (Wildman–Crippen MR) is 148 cm³/mol. The van der Waals surface area contributed by atoms with E-state index in [4.69, 9.17) is 5.73 Å². The van der Waals surface area contributed by atoms with E-state index in [1.54, 1.807) is 56.3 Å². The van der Waals surface area contributed by atoms with Crippen LogP contribution in [0, 0.1) is 6.92 Å². The molecule has 2 N–H and O–H groups in total. The van der Waals surface area contributed by atoms with E-state index >= 15 is 0 Å². The zero-order valence-electron chi connectivity index (χ0n) is 23.4. The second-order valence-electron chi connectivity index (χ2n) is 10.4. The van der Waals surface area contributed by atoms with Crippen LogP contribution >= 0.6 is 0 Å². The molecule has 0 aliphatic heterocycles. The Bertz CT molecular complexity index is 1840. The van der Waals surface area contributed by atoms with E-state index in [-0.39, 0.29) is 5.82 Å². The van der Waals surface area contributed by atoms with Crippen molar-refractivity contribution >= 4 is 5.91 Å². The maximum Gasteiger partial charge on any atom is 0.573 e. The summed E-state index contributed by atoms with van der Waals surface area (Å²) in [4.78, 5) is 15.8. The number of hydrogen-bond acceptors (Lipinski definition) is 5. The van der Waals surface area contributed by atoms with Crippen LogP contribution in [0.1, 0.15) is 30.9 Å². The monoisotopic (exact) mass is 614 g/mol. The van der Waals surface area contributed by atoms with E-state index in [0.717, 1.165) is 18.3 Å². The standard InChI is InChI=1S/C30H24F6N6O2/c1-17-39-26(29(31,32)33)16-41(17)24-12-7-19(18-5-4-6-20(13-18)28(2,3)27(37)43)14-23(24)25-15-38-40-42(25)21-8-10-22(11-9-21)44-30(34,35)36/h4-16H,1-3H3,(H2,37,43). The van der Waals surface area contributed by atoms with Gasteiger partial charge in [0, 0.05) is 11.8 Å². The highest BCUT2D eigenvalue weighted by Gasteiger charge is 2.35. The molecule has 2 heterocycles. The van der Waals surface area contributed by atoms with E-state index in [1.165, 1.54) is 34.5 Å². The van der Waals surface area contributed by atoms with Gasteiger partial charge in [-0.25, -0.2) is 9.67 Å². The van der Waals surface area contributed by atoms with Crippen molar-refractivity contribution in [2.75, 3.05) is 0 Å². The number of carbonyl (C=O) groups is 1. The molecule has 5 aromatic rings. The molecule has 0 unspecified atom stereocenters. The summed E-state index contributed by atoms with van der Waals surface area (Å²) in [6.45, 7) is 4.81. The van der Waals surface area contributed by atoms with Gasteiger partial charge in [-0.1, -0.05) is 35.5 Å². The van der Waals surface area contributed by atoms with Crippen molar-refractivity contribution in [1.82, 2.24) is 24.5 Å². The van der Waals surface area contributed by atoms with Crippen LogP contribution in [-0.2, 0) is 16.4 Å². The Morgan fingerprint density at radius 2 is 1.59 bits per heavy atom. The lowest BCUT2D eigenvalue weighted by Crippen LogP contribution is -2.35. The lowest BCUT2D eigenvalue weighted by molar-refractivity contribution is -0.274. The van der Waals surface area contributed by atoms with Crippen molar-refractivity contribution in [3.8, 4) is 39.5 Å². The summed E-state index contributed by atoms with van der Waals surface area (Å²) in [5.74, 6) is -0.911. The van der Waals surface area contributed by atoms with Crippen LogP contribution < -0.4 is 10.5 Å². The number of halogens is 6. The third-order valence-electron chi connectivity index (χ3n) is 7.10. The highest BCUT2D eigenvalue weighted by Crippen LogP contribution is 2.37. The number of nitrogens with zero attached hydrogens (tertiary/aromatic N) is 5. The van der Waals surface area contributed by atoms with E-state index in [0.29, 0.717) is 39.3 Å². The van der Waals surface area contributed by atoms with Gasteiger partial charge in [0.2, 0.25) is 5.91 Å². The number of amides is 1. The Morgan fingerprint density at radius 1 is 0.909 bits per heavy atom. The summed E-state index contributed by atoms with van der Waals surface area (Å²) in [6, 6.07) is 17.0. The van der Waals surface area contributed by atoms with Gasteiger partial charge in [0.15, 0.2) is 5.69 Å². The first-order valence-electron chi connectivity index (χ1n) is 13.0. The molecule has 2 aromatic heterocycles. The number of primary amides is 1. The number of nitrogens with two attached hydrogens (primary N) is 1. The molecule has 1 amide bonds. The quantitative estimate of drug-likeness (QED) is 0.204. The minimum Gasteiger partial charge on any atom is -0.406 e. The van der Waals surface area contributed by atoms with E-state index in [1.807, 2.05) is 0 Å². The van der Waals surface area contributed by atoms with Crippen molar-refractivity contribution in [2.45, 2.75) is 38.7 Å². The molecule has 5 rings (SSSR count). The minimum absolute atomic E-state index is 0.0595. The molecule has 0 bridgehead atoms. The first-order valence-corrected chi connectivity index (χ1v) is 13.0. The maximum atomic E-state index is 13.6. The Labute approximate surface area is 246 Å². The second kappa shape index (κ2) is 10.8. The van der Waals surface area contributed by atoms with Gasteiger partial charge in [0.1, 0.15) is 11.6 Å². The minimum atomic E-state index is -4.88. The van der Waals surface area contributed by atoms with Crippen LogP contribution in [0.2, 0.25) is 0 Å². The highest BCUT2D eigenvalue weighted by atomic mass is 19.4. The molecule has 0 saturated heterocycles. The molecule has 0 radical (unpaired) electrons. The van der Waals surface area contributed by atoms with Crippen LogP contribution in [-0.4, -0.2) is 36.8 Å². The molecule has 8 nitrogen and oxygen atoms in total. The average Bonchev–Trinajstić information content (AvgIpc) is 3.59. The first kappa shape index (κ1) is 30.3. The number of hydrogen-bond donors (Lipinski definition) is 1. The number of rotatable bonds is 7. The fourth-order valence-electron chi connectivity index (χ4n) is 4.61. The number of benzene rings is 3. The van der Waals surface area contributed by atoms with Crippen LogP contribution in [0.4, 0.5) is 26.3 Å². The van der Waals surface area contributed by atoms with Gasteiger partial charge in [-0.15, -0.1) is 18.3 Å². The van der Waals surface area contributed by atoms with Gasteiger partial charge in [-0.3, -0.25) is 4.79 Å². The van der Waals surface area contributed by atoms with E-state index < -0.39 is 35.3 Å². The van der Waals surface area contributed by atoms with Gasteiger partial charge >= 0.3 is 12.5 Å². The van der Waals surface area contributed by atoms with Gasteiger partial charge in [0.25, 0.3) is 0 Å². The third-order valence-corrected chi connectivity index (χ3v) is 7.10. The lowest BCUT2D eigenvalue weighted by Gasteiger charge is -2.22. The topological polar surface area (TPSA) is 101 Å². The fraction of sp³-hybridized carbons (Fsp3) is 0.200. The van der Waals surface area contributed by atoms with Crippen LogP contribution in [0.3, 0.4) is 0 Å². The molecule has 0 aliphatic carbocycles. The molecule has 0 spiro atoms. The summed E-state index contributed by atoms with van der Waals surface area (Å²) in [5, 5.41) is 8.06. The maximum absolute atomic E-state index is 13.6. The average molecular weight is 615 g/mol. The zero-order valence-corrected chi connectivity index (χ0v) is 23.4. The van der Waals surface area contributed by atoms with E-state index in [2.05, 4.69) is 20.0 Å². The number of aryl methyl sites for hydroxylation is 1. The van der Waals surface area contributed by atoms with Crippen molar-refractivity contribution in [1.29, 1.82) is 0 Å². The number of alkyl halides is 6. The number of carbonyl (C=O) groups excluding carboxylic acids is 1. The Morgan fingerprint density at radius 3 is 2.20 bits per heavy atom. The summed E-state index contributed by atoms with van der Waals surface area (Å²) >= 11 is 0. The zero-order chi connectivity index (χ0) is 32.0. The number of ether oxygens (including phenoxy) is 1. The Kier molecular flexibility index (Phi) is 7.48. The van der Waals surface area contributed by atoms with Crippen LogP contribution in [0.5, 0.6) is 5.75 Å². The number of imidazole rings is 1. The van der Waals surface area contributed by atoms with Gasteiger partial charge in [0.05, 0.1) is 28.7 Å². The molecule has 0 saturated carbocycles. The molecule has 14 heteroatoms. The fourth-order valence-corrected chi connectivity index (χ4v) is 4.61. The Hall–Kier alpha value is -5.14. The van der Waals surface area contributed by atoms with Crippen LogP contribution in [0.15, 0.2) is 79.1 Å².